The quantitative estimate of drug-likeness (QED) is 0.0349. The fourth-order valence-electron chi connectivity index (χ4n) is 6.61. The van der Waals surface area contributed by atoms with Gasteiger partial charge in [0, 0.05) is 13.2 Å². The second-order valence-electron chi connectivity index (χ2n) is 15.3. The van der Waals surface area contributed by atoms with Crippen molar-refractivity contribution in [3.05, 3.63) is 80.3 Å². The van der Waals surface area contributed by atoms with E-state index in [1.807, 2.05) is 6.08 Å². The number of halogens is 1. The molecule has 3 rings (SSSR count). The Morgan fingerprint density at radius 3 is 2.16 bits per heavy atom. The Bertz CT molecular complexity index is 1580. The molecule has 0 N–H and O–H groups in total. The lowest BCUT2D eigenvalue weighted by Gasteiger charge is -2.35. The van der Waals surface area contributed by atoms with Crippen molar-refractivity contribution >= 4 is 35.5 Å². The highest BCUT2D eigenvalue weighted by molar-refractivity contribution is 9.10. The first-order valence-electron chi connectivity index (χ1n) is 19.5. The van der Waals surface area contributed by atoms with Crippen molar-refractivity contribution in [2.24, 2.45) is 0 Å². The van der Waals surface area contributed by atoms with E-state index in [1.165, 1.54) is 89.0 Å². The number of ether oxygens (including phenoxy) is 3. The summed E-state index contributed by atoms with van der Waals surface area (Å²) in [4.78, 5) is 26.8. The molecule has 1 aliphatic heterocycles. The highest BCUT2D eigenvalue weighted by Crippen LogP contribution is 2.56. The van der Waals surface area contributed by atoms with E-state index in [4.69, 9.17) is 27.8 Å². The second-order valence-corrected chi connectivity index (χ2v) is 17.9. The van der Waals surface area contributed by atoms with E-state index >= 15 is 0 Å². The number of rotatable bonds is 23. The van der Waals surface area contributed by atoms with Crippen molar-refractivity contribution in [2.45, 2.75) is 148 Å². The van der Waals surface area contributed by atoms with Gasteiger partial charge in [0.05, 0.1) is 34.7 Å². The molecule has 2 aromatic rings. The van der Waals surface area contributed by atoms with E-state index in [0.717, 1.165) is 19.3 Å². The highest BCUT2D eigenvalue weighted by Gasteiger charge is 2.51. The second kappa shape index (κ2) is 22.2. The van der Waals surface area contributed by atoms with Crippen molar-refractivity contribution in [3.63, 3.8) is 0 Å². The van der Waals surface area contributed by atoms with Crippen LogP contribution in [-0.2, 0) is 27.6 Å². The van der Waals surface area contributed by atoms with Gasteiger partial charge in [-0.1, -0.05) is 114 Å². The minimum Gasteiger partial charge on any atom is -0.496 e. The van der Waals surface area contributed by atoms with Crippen LogP contribution in [0.5, 0.6) is 5.75 Å². The van der Waals surface area contributed by atoms with Gasteiger partial charge in [0.15, 0.2) is 0 Å². The predicted molar refractivity (Wildman–Crippen MR) is 218 cm³/mol. The smallest absolute Gasteiger partial charge is 0.475 e. The molecule has 55 heavy (non-hydrogen) atoms. The number of benzene rings is 2. The summed E-state index contributed by atoms with van der Waals surface area (Å²) in [5.74, 6) is 0.305. The van der Waals surface area contributed by atoms with E-state index in [9.17, 15) is 19.5 Å². The molecule has 1 fully saturated rings. The molecule has 0 saturated carbocycles. The summed E-state index contributed by atoms with van der Waals surface area (Å²) in [5.41, 5.74) is -1.67. The van der Waals surface area contributed by atoms with Crippen LogP contribution in [0.3, 0.4) is 0 Å². The van der Waals surface area contributed by atoms with E-state index in [1.54, 1.807) is 65.0 Å². The number of nitro groups is 1. The molecule has 1 heterocycles. The molecule has 0 bridgehead atoms. The summed E-state index contributed by atoms with van der Waals surface area (Å²) in [5, 5.41) is 12.3. The van der Waals surface area contributed by atoms with Crippen molar-refractivity contribution < 1.29 is 42.1 Å². The van der Waals surface area contributed by atoms with Gasteiger partial charge >= 0.3 is 13.9 Å². The summed E-state index contributed by atoms with van der Waals surface area (Å²) in [6.45, 7) is 10.8. The summed E-state index contributed by atoms with van der Waals surface area (Å²) < 4.78 is 49.9. The number of phosphoric acid groups is 1. The minimum atomic E-state index is -4.48. The number of nitro benzene ring substituents is 1. The normalized spacial score (nSPS) is 18.7. The first-order chi connectivity index (χ1) is 26.1. The molecule has 0 radical (unpaired) electrons. The fourth-order valence-corrected chi connectivity index (χ4v) is 8.18. The SMILES string of the molecule is CCCCCCCCCCCCC/C=C/[C@H]1OC(C)(C)N(C(=O)OC(C)(C)C)[C@H]1COP(=O)(OC)OC(c1ccccc1)c1cc(OC)c(Br)cc1[N+](=O)[O-]. The van der Waals surface area contributed by atoms with Crippen LogP contribution in [0.15, 0.2) is 59.1 Å². The zero-order valence-electron chi connectivity index (χ0n) is 33.9. The summed E-state index contributed by atoms with van der Waals surface area (Å²) in [6, 6.07) is 10.6. The minimum absolute atomic E-state index is 0.0704. The maximum absolute atomic E-state index is 14.4. The summed E-state index contributed by atoms with van der Waals surface area (Å²) >= 11 is 3.32. The van der Waals surface area contributed by atoms with Crippen molar-refractivity contribution in [1.29, 1.82) is 0 Å². The predicted octanol–water partition coefficient (Wildman–Crippen LogP) is 12.2. The van der Waals surface area contributed by atoms with Crippen LogP contribution in [-0.4, -0.2) is 60.2 Å². The number of hydrogen-bond acceptors (Lipinski definition) is 10. The molecule has 0 aromatic heterocycles. The van der Waals surface area contributed by atoms with Crippen molar-refractivity contribution in [3.8, 4) is 5.75 Å². The summed E-state index contributed by atoms with van der Waals surface area (Å²) in [7, 11) is -1.88. The van der Waals surface area contributed by atoms with E-state index in [2.05, 4.69) is 28.9 Å². The lowest BCUT2D eigenvalue weighted by Crippen LogP contribution is -2.51. The first kappa shape index (κ1) is 46.6. The maximum Gasteiger partial charge on any atom is 0.475 e. The molecule has 2 aromatic carbocycles. The zero-order valence-corrected chi connectivity index (χ0v) is 36.4. The molecule has 2 unspecified atom stereocenters. The Balaban J connectivity index is 1.81. The highest BCUT2D eigenvalue weighted by atomic mass is 79.9. The molecular weight excluding hydrogens is 791 g/mol. The number of phosphoric ester groups is 1. The van der Waals surface area contributed by atoms with Crippen molar-refractivity contribution in [1.82, 2.24) is 4.90 Å². The molecule has 0 spiro atoms. The third-order valence-electron chi connectivity index (χ3n) is 9.35. The molecule has 14 heteroatoms. The Hall–Kier alpha value is -2.80. The van der Waals surface area contributed by atoms with Gasteiger partial charge in [0.25, 0.3) is 5.69 Å². The molecule has 308 valence electrons. The standard InChI is InChI=1S/C41H62BrN2O10P/c1-9-10-11-12-13-14-15-16-17-18-19-20-24-27-36-35(43(41(5,6)52-36)39(45)53-40(2,3)4)30-51-55(48,50-8)54-38(31-25-22-21-23-26-31)32-28-37(49-7)33(42)29-34(32)44(46)47/h21-29,35-36,38H,9-20,30H2,1-8H3/b27-24+/t35-,36+,38?,55?/m0/s1. The number of nitrogens with zero attached hydrogens (tertiary/aromatic N) is 2. The van der Waals surface area contributed by atoms with Crippen LogP contribution in [0, 0.1) is 10.1 Å². The molecule has 1 saturated heterocycles. The Morgan fingerprint density at radius 2 is 1.62 bits per heavy atom. The molecule has 1 aliphatic rings. The number of carbonyl (C=O) groups is 1. The number of methoxy groups -OCH3 is 1. The van der Waals surface area contributed by atoms with Gasteiger partial charge in [-0.3, -0.25) is 28.6 Å². The molecule has 12 nitrogen and oxygen atoms in total. The van der Waals surface area contributed by atoms with Gasteiger partial charge in [-0.2, -0.15) is 0 Å². The van der Waals surface area contributed by atoms with Gasteiger partial charge in [-0.05, 0) is 75.0 Å². The number of allylic oxidation sites excluding steroid dienone is 1. The van der Waals surface area contributed by atoms with E-state index in [0.29, 0.717) is 15.8 Å². The summed E-state index contributed by atoms with van der Waals surface area (Å²) in [6.07, 6.45) is 16.1. The van der Waals surface area contributed by atoms with Gasteiger partial charge in [-0.15, -0.1) is 0 Å². The largest absolute Gasteiger partial charge is 0.496 e. The topological polar surface area (TPSA) is 136 Å². The number of amides is 1. The van der Waals surface area contributed by atoms with Gasteiger partial charge < -0.3 is 14.2 Å². The van der Waals surface area contributed by atoms with Crippen LogP contribution >= 0.6 is 23.8 Å². The number of unbranched alkanes of at least 4 members (excludes halogenated alkanes) is 11. The van der Waals surface area contributed by atoms with Crippen molar-refractivity contribution in [2.75, 3.05) is 20.8 Å². The Labute approximate surface area is 336 Å². The third kappa shape index (κ3) is 14.6. The monoisotopic (exact) mass is 852 g/mol. The fraction of sp³-hybridized carbons (Fsp3) is 0.634. The number of carbonyl (C=O) groups excluding carboxylic acids is 1. The average Bonchev–Trinajstić information content (AvgIpc) is 3.40. The zero-order chi connectivity index (χ0) is 40.6. The van der Waals surface area contributed by atoms with E-state index < -0.39 is 48.4 Å². The van der Waals surface area contributed by atoms with Crippen LogP contribution in [0.2, 0.25) is 0 Å². The number of hydrogen-bond donors (Lipinski definition) is 0. The molecule has 0 aliphatic carbocycles. The van der Waals surface area contributed by atoms with Gasteiger partial charge in [0.1, 0.15) is 29.3 Å². The van der Waals surface area contributed by atoms with E-state index in [-0.39, 0.29) is 17.9 Å². The molecule has 4 atom stereocenters. The van der Waals surface area contributed by atoms with Gasteiger partial charge in [0.2, 0.25) is 0 Å². The third-order valence-corrected chi connectivity index (χ3v) is 11.4. The first-order valence-corrected chi connectivity index (χ1v) is 21.7. The molecule has 1 amide bonds. The van der Waals surface area contributed by atoms with Crippen LogP contribution in [0.25, 0.3) is 0 Å². The van der Waals surface area contributed by atoms with Crippen LogP contribution in [0.1, 0.15) is 136 Å². The Kier molecular flexibility index (Phi) is 18.8. The lowest BCUT2D eigenvalue weighted by molar-refractivity contribution is -0.386. The van der Waals surface area contributed by atoms with Crippen LogP contribution < -0.4 is 4.74 Å². The van der Waals surface area contributed by atoms with Crippen LogP contribution in [0.4, 0.5) is 10.5 Å². The lowest BCUT2D eigenvalue weighted by atomic mass is 10.00. The maximum atomic E-state index is 14.4. The molecular formula is C41H62BrN2O10P. The van der Waals surface area contributed by atoms with Gasteiger partial charge in [-0.25, -0.2) is 9.36 Å². The average molecular weight is 854 g/mol. The Morgan fingerprint density at radius 1 is 1.02 bits per heavy atom.